The Bertz CT molecular complexity index is 1820. The Hall–Kier alpha value is -3.38. The number of rotatable bonds is 7. The minimum atomic E-state index is -1.05. The molecular formula is C31H29Cl2F2N7OS. The summed E-state index contributed by atoms with van der Waals surface area (Å²) in [5.41, 5.74) is 3.92. The smallest absolute Gasteiger partial charge is 0.257 e. The van der Waals surface area contributed by atoms with E-state index in [0.717, 1.165) is 30.6 Å². The number of thiazole rings is 1. The molecule has 2 aliphatic rings. The number of aromatic nitrogens is 5. The summed E-state index contributed by atoms with van der Waals surface area (Å²) in [6.07, 6.45) is 3.77. The maximum atomic E-state index is 15.0. The van der Waals surface area contributed by atoms with Crippen molar-refractivity contribution in [3.05, 3.63) is 81.4 Å². The number of fused-ring (bicyclic) bond motifs is 2. The molecule has 1 N–H and O–H groups in total. The molecule has 0 unspecified atom stereocenters. The highest BCUT2D eigenvalue weighted by molar-refractivity contribution is 7.13. The van der Waals surface area contributed by atoms with Crippen LogP contribution in [0.4, 0.5) is 13.9 Å². The van der Waals surface area contributed by atoms with E-state index in [9.17, 15) is 13.6 Å². The van der Waals surface area contributed by atoms with Crippen LogP contribution in [0, 0.1) is 0 Å². The van der Waals surface area contributed by atoms with Crippen molar-refractivity contribution in [1.29, 1.82) is 0 Å². The van der Waals surface area contributed by atoms with E-state index in [4.69, 9.17) is 28.3 Å². The van der Waals surface area contributed by atoms with Gasteiger partial charge in [0, 0.05) is 53.3 Å². The van der Waals surface area contributed by atoms with Crippen LogP contribution in [-0.2, 0) is 17.8 Å². The first-order chi connectivity index (χ1) is 21.3. The lowest BCUT2D eigenvalue weighted by Gasteiger charge is -2.34. The zero-order valence-corrected chi connectivity index (χ0v) is 26.1. The van der Waals surface area contributed by atoms with E-state index in [1.54, 1.807) is 34.7 Å². The summed E-state index contributed by atoms with van der Waals surface area (Å²) >= 11 is 15.0. The number of nitrogens with one attached hydrogen (secondary N) is 1. The Morgan fingerprint density at radius 1 is 1.18 bits per heavy atom. The molecule has 3 aromatic heterocycles. The number of amides is 1. The highest BCUT2D eigenvalue weighted by atomic mass is 35.5. The number of anilines is 1. The van der Waals surface area contributed by atoms with Crippen molar-refractivity contribution in [1.82, 2.24) is 29.2 Å². The van der Waals surface area contributed by atoms with Gasteiger partial charge in [-0.3, -0.25) is 14.8 Å². The van der Waals surface area contributed by atoms with Crippen molar-refractivity contribution < 1.29 is 13.6 Å². The number of nitrogens with zero attached hydrogens (tertiary/aromatic N) is 6. The normalized spacial score (nSPS) is 21.1. The maximum absolute atomic E-state index is 15.0. The number of likely N-dealkylation sites (tertiary alicyclic amines) is 1. The van der Waals surface area contributed by atoms with Crippen molar-refractivity contribution in [3.8, 4) is 11.1 Å². The van der Waals surface area contributed by atoms with Crippen molar-refractivity contribution in [2.24, 2.45) is 0 Å². The molecule has 0 aliphatic carbocycles. The lowest BCUT2D eigenvalue weighted by Crippen LogP contribution is -2.40. The van der Waals surface area contributed by atoms with Gasteiger partial charge in [-0.2, -0.15) is 5.10 Å². The third-order valence-corrected chi connectivity index (χ3v) is 10.0. The summed E-state index contributed by atoms with van der Waals surface area (Å²) in [5, 5.41) is 11.1. The van der Waals surface area contributed by atoms with Crippen LogP contribution in [0.15, 0.2) is 54.4 Å². The van der Waals surface area contributed by atoms with Gasteiger partial charge in [-0.25, -0.2) is 18.7 Å². The van der Waals surface area contributed by atoms with E-state index in [-0.39, 0.29) is 18.9 Å². The third kappa shape index (κ3) is 5.29. The summed E-state index contributed by atoms with van der Waals surface area (Å²) in [4.78, 5) is 24.5. The van der Waals surface area contributed by atoms with Gasteiger partial charge in [0.05, 0.1) is 28.6 Å². The Kier molecular flexibility index (Phi) is 7.90. The number of hydrogen-bond donors (Lipinski definition) is 1. The minimum absolute atomic E-state index is 0.145. The zero-order valence-electron chi connectivity index (χ0n) is 23.8. The largest absolute Gasteiger partial charge is 0.331 e. The molecule has 4 atom stereocenters. The molecule has 2 aliphatic heterocycles. The fourth-order valence-electron chi connectivity index (χ4n) is 6.35. The first-order valence-corrected chi connectivity index (χ1v) is 16.2. The summed E-state index contributed by atoms with van der Waals surface area (Å²) in [6, 6.07) is 8.53. The van der Waals surface area contributed by atoms with Crippen molar-refractivity contribution >= 4 is 56.5 Å². The molecule has 5 aromatic rings. The predicted octanol–water partition coefficient (Wildman–Crippen LogP) is 6.93. The quantitative estimate of drug-likeness (QED) is 0.206. The van der Waals surface area contributed by atoms with E-state index < -0.39 is 24.3 Å². The highest BCUT2D eigenvalue weighted by Gasteiger charge is 2.35. The van der Waals surface area contributed by atoms with Gasteiger partial charge in [0.2, 0.25) is 0 Å². The third-order valence-electron chi connectivity index (χ3n) is 8.65. The molecule has 0 bridgehead atoms. The van der Waals surface area contributed by atoms with Gasteiger partial charge in [0.15, 0.2) is 11.2 Å². The molecule has 2 aromatic carbocycles. The fraction of sp³-hybridized carbons (Fsp3) is 0.355. The Labute approximate surface area is 266 Å². The molecule has 0 spiro atoms. The van der Waals surface area contributed by atoms with Gasteiger partial charge in [-0.05, 0) is 36.7 Å². The van der Waals surface area contributed by atoms with E-state index in [0.29, 0.717) is 49.6 Å². The molecule has 1 saturated heterocycles. The first-order valence-electron chi connectivity index (χ1n) is 14.5. The second kappa shape index (κ2) is 11.8. The molecule has 7 rings (SSSR count). The van der Waals surface area contributed by atoms with Gasteiger partial charge < -0.3 is 9.47 Å². The summed E-state index contributed by atoms with van der Waals surface area (Å²) in [5.74, 6) is -0.566. The zero-order chi connectivity index (χ0) is 30.5. The van der Waals surface area contributed by atoms with Crippen molar-refractivity contribution in [2.75, 3.05) is 25.0 Å². The van der Waals surface area contributed by atoms with E-state index >= 15 is 0 Å². The number of halogens is 4. The van der Waals surface area contributed by atoms with Gasteiger partial charge in [-0.15, -0.1) is 11.3 Å². The van der Waals surface area contributed by atoms with Crippen LogP contribution in [0.2, 0.25) is 10.0 Å². The van der Waals surface area contributed by atoms with Crippen LogP contribution < -0.4 is 5.32 Å². The molecule has 0 saturated carbocycles. The second-order valence-electron chi connectivity index (χ2n) is 11.3. The van der Waals surface area contributed by atoms with Crippen LogP contribution in [0.5, 0.6) is 0 Å². The monoisotopic (exact) mass is 655 g/mol. The van der Waals surface area contributed by atoms with Crippen molar-refractivity contribution in [2.45, 2.75) is 50.6 Å². The molecule has 13 heteroatoms. The maximum Gasteiger partial charge on any atom is 0.257 e. The minimum Gasteiger partial charge on any atom is -0.331 e. The van der Waals surface area contributed by atoms with E-state index in [1.807, 2.05) is 24.3 Å². The van der Waals surface area contributed by atoms with Gasteiger partial charge in [0.1, 0.15) is 17.9 Å². The summed E-state index contributed by atoms with van der Waals surface area (Å²) in [7, 11) is 0. The van der Waals surface area contributed by atoms with Gasteiger partial charge >= 0.3 is 0 Å². The first kappa shape index (κ1) is 29.3. The molecule has 228 valence electrons. The van der Waals surface area contributed by atoms with Gasteiger partial charge in [-0.1, -0.05) is 54.4 Å². The molecule has 0 radical (unpaired) electrons. The number of alkyl halides is 2. The molecule has 5 heterocycles. The number of imidazole rings is 1. The lowest BCUT2D eigenvalue weighted by atomic mass is 9.87. The molecular weight excluding hydrogens is 627 g/mol. The van der Waals surface area contributed by atoms with Crippen LogP contribution in [0.1, 0.15) is 42.3 Å². The standard InChI is InChI=1S/C31H29Cl2F2N7OS/c1-2-40-9-7-20(24(35)15-40)17-3-5-18(6-4-17)21-12-23(32)22-14-42(39-27(22)26(21)33)29(30(43)38-31-36-8-10-44-31)28-25-11-19(34)13-41(25)16-37-28/h3-6,8,10,12,14,16,19-20,24,29H,2,7,9,11,13,15H2,1H3,(H,36,38,43)/t19-,20+,24-,29+/m1/s1. The fourth-order valence-corrected chi connectivity index (χ4v) is 7.44. The molecule has 8 nitrogen and oxygen atoms in total. The van der Waals surface area contributed by atoms with E-state index in [2.05, 4.69) is 27.1 Å². The van der Waals surface area contributed by atoms with E-state index in [1.165, 1.54) is 16.0 Å². The highest BCUT2D eigenvalue weighted by Crippen LogP contribution is 2.40. The van der Waals surface area contributed by atoms with Crippen LogP contribution in [0.25, 0.3) is 22.0 Å². The topological polar surface area (TPSA) is 80.9 Å². The molecule has 44 heavy (non-hydrogen) atoms. The van der Waals surface area contributed by atoms with Crippen LogP contribution in [0.3, 0.4) is 0 Å². The molecule has 1 amide bonds. The average molecular weight is 657 g/mol. The molecule has 1 fully saturated rings. The predicted molar refractivity (Wildman–Crippen MR) is 169 cm³/mol. The lowest BCUT2D eigenvalue weighted by molar-refractivity contribution is -0.118. The van der Waals surface area contributed by atoms with Crippen LogP contribution >= 0.6 is 34.5 Å². The Balaban J connectivity index is 1.24. The number of carbonyl (C=O) groups excluding carboxylic acids is 1. The number of benzene rings is 2. The van der Waals surface area contributed by atoms with Crippen LogP contribution in [-0.4, -0.2) is 67.1 Å². The number of carbonyl (C=O) groups is 1. The Morgan fingerprint density at radius 2 is 2.00 bits per heavy atom. The van der Waals surface area contributed by atoms with Gasteiger partial charge in [0.25, 0.3) is 5.91 Å². The van der Waals surface area contributed by atoms with Crippen molar-refractivity contribution in [3.63, 3.8) is 0 Å². The summed E-state index contributed by atoms with van der Waals surface area (Å²) in [6.45, 7) is 4.42. The second-order valence-corrected chi connectivity index (χ2v) is 13.0. The SMILES string of the molecule is CCN1CC[C@@H](c2ccc(-c3cc(Cl)c4cn([C@H](C(=O)Nc5nccs5)c5ncn6c5C[C@@H](F)C6)nc4c3Cl)cc2)[C@H](F)C1. The number of piperidine rings is 1. The Morgan fingerprint density at radius 3 is 2.73 bits per heavy atom. The average Bonchev–Trinajstić information content (AvgIpc) is 3.82. The number of hydrogen-bond acceptors (Lipinski definition) is 6. The summed E-state index contributed by atoms with van der Waals surface area (Å²) < 4.78 is 32.5.